The van der Waals surface area contributed by atoms with Crippen LogP contribution < -0.4 is 20.4 Å². The molecule has 0 saturated heterocycles. The van der Waals surface area contributed by atoms with Crippen LogP contribution in [0.15, 0.2) is 70.3 Å². The number of rotatable bonds is 5. The Morgan fingerprint density at radius 1 is 1.07 bits per heavy atom. The number of aromatic nitrogens is 2. The maximum Gasteiger partial charge on any atom is 0.277 e. The van der Waals surface area contributed by atoms with Gasteiger partial charge >= 0.3 is 0 Å². The first-order valence-electron chi connectivity index (χ1n) is 9.49. The fourth-order valence-electron chi connectivity index (χ4n) is 3.35. The van der Waals surface area contributed by atoms with E-state index in [1.54, 1.807) is 20.1 Å². The van der Waals surface area contributed by atoms with Crippen LogP contribution in [0.2, 0.25) is 0 Å². The van der Waals surface area contributed by atoms with Crippen molar-refractivity contribution in [3.05, 3.63) is 108 Å². The Kier molecular flexibility index (Phi) is 5.59. The van der Waals surface area contributed by atoms with Crippen LogP contribution in [0.4, 0.5) is 0 Å². The third kappa shape index (κ3) is 3.82. The highest BCUT2D eigenvalue weighted by molar-refractivity contribution is 7.15. The molecular formula is C24H20N2O3S. The summed E-state index contributed by atoms with van der Waals surface area (Å²) in [7, 11) is 1.62. The Hall–Kier alpha value is -3.51. The van der Waals surface area contributed by atoms with Gasteiger partial charge in [-0.2, -0.15) is 4.98 Å². The smallest absolute Gasteiger partial charge is 0.277 e. The second-order valence-corrected chi connectivity index (χ2v) is 7.81. The highest BCUT2D eigenvalue weighted by Gasteiger charge is 2.14. The molecule has 0 radical (unpaired) electrons. The quantitative estimate of drug-likeness (QED) is 0.501. The minimum absolute atomic E-state index is 0.168. The van der Waals surface area contributed by atoms with Crippen LogP contribution in [0.25, 0.3) is 17.1 Å². The largest absolute Gasteiger partial charge is 0.496 e. The van der Waals surface area contributed by atoms with Gasteiger partial charge in [0, 0.05) is 23.2 Å². The summed E-state index contributed by atoms with van der Waals surface area (Å²) in [6.07, 6.45) is 5.88. The van der Waals surface area contributed by atoms with Crippen molar-refractivity contribution in [3.8, 4) is 5.75 Å². The summed E-state index contributed by atoms with van der Waals surface area (Å²) in [6, 6.07) is 17.4. The molecule has 0 atom stereocenters. The normalized spacial score (nSPS) is 12.1. The number of hydrogen-bond donors (Lipinski definition) is 0. The fourth-order valence-corrected chi connectivity index (χ4v) is 4.31. The number of fused-ring (bicyclic) bond motifs is 1. The van der Waals surface area contributed by atoms with Gasteiger partial charge in [-0.3, -0.25) is 14.0 Å². The molecule has 0 bridgehead atoms. The lowest BCUT2D eigenvalue weighted by Gasteiger charge is -2.06. The summed E-state index contributed by atoms with van der Waals surface area (Å²) < 4.78 is 7.39. The predicted octanol–water partition coefficient (Wildman–Crippen LogP) is 3.24. The highest BCUT2D eigenvalue weighted by Crippen LogP contribution is 2.18. The Morgan fingerprint density at radius 2 is 1.80 bits per heavy atom. The van der Waals surface area contributed by atoms with E-state index in [1.807, 2.05) is 66.7 Å². The van der Waals surface area contributed by atoms with Gasteiger partial charge in [0.05, 0.1) is 11.6 Å². The van der Waals surface area contributed by atoms with E-state index in [0.29, 0.717) is 27.2 Å². The van der Waals surface area contributed by atoms with Gasteiger partial charge in [0.25, 0.3) is 11.1 Å². The molecule has 0 aliphatic rings. The van der Waals surface area contributed by atoms with E-state index >= 15 is 0 Å². The molecule has 0 aliphatic heterocycles. The van der Waals surface area contributed by atoms with Gasteiger partial charge in [-0.05, 0) is 24.6 Å². The lowest BCUT2D eigenvalue weighted by molar-refractivity contribution is 0.414. The first-order valence-corrected chi connectivity index (χ1v) is 10.3. The van der Waals surface area contributed by atoms with Crippen molar-refractivity contribution in [1.82, 2.24) is 9.38 Å². The molecule has 150 valence electrons. The SMILES string of the molecule is COc1ccccc1/C=C/C=c1/sc2nc(=O)c(Cc3ccccc3)c(C)n2c1=O. The van der Waals surface area contributed by atoms with Crippen molar-refractivity contribution in [2.24, 2.45) is 0 Å². The zero-order valence-electron chi connectivity index (χ0n) is 16.7. The molecule has 0 aliphatic carbocycles. The van der Waals surface area contributed by atoms with Gasteiger partial charge in [0.15, 0.2) is 0 Å². The van der Waals surface area contributed by atoms with Gasteiger partial charge in [-0.15, -0.1) is 0 Å². The maximum absolute atomic E-state index is 13.0. The molecule has 4 rings (SSSR count). The number of ether oxygens (including phenoxy) is 1. The number of para-hydroxylation sites is 1. The number of aryl methyl sites for hydroxylation is 1. The zero-order valence-corrected chi connectivity index (χ0v) is 17.5. The molecule has 0 spiro atoms. The maximum atomic E-state index is 13.0. The summed E-state index contributed by atoms with van der Waals surface area (Å²) in [4.78, 5) is 30.1. The molecule has 5 nitrogen and oxygen atoms in total. The third-order valence-corrected chi connectivity index (χ3v) is 5.91. The molecule has 0 N–H and O–H groups in total. The van der Waals surface area contributed by atoms with Crippen molar-refractivity contribution >= 4 is 28.4 Å². The summed E-state index contributed by atoms with van der Waals surface area (Å²) in [5.74, 6) is 0.759. The van der Waals surface area contributed by atoms with E-state index in [9.17, 15) is 9.59 Å². The van der Waals surface area contributed by atoms with Crippen molar-refractivity contribution in [2.45, 2.75) is 13.3 Å². The second-order valence-electron chi connectivity index (χ2n) is 6.80. The minimum Gasteiger partial charge on any atom is -0.496 e. The predicted molar refractivity (Wildman–Crippen MR) is 121 cm³/mol. The number of methoxy groups -OCH3 is 1. The topological polar surface area (TPSA) is 60.7 Å². The molecule has 4 aromatic rings. The van der Waals surface area contributed by atoms with Crippen molar-refractivity contribution < 1.29 is 4.74 Å². The third-order valence-electron chi connectivity index (χ3n) is 4.92. The van der Waals surface area contributed by atoms with Gasteiger partial charge in [0.1, 0.15) is 5.75 Å². The van der Waals surface area contributed by atoms with Crippen LogP contribution in [0.3, 0.4) is 0 Å². The van der Waals surface area contributed by atoms with E-state index in [-0.39, 0.29) is 11.1 Å². The van der Waals surface area contributed by atoms with Crippen LogP contribution in [0.1, 0.15) is 22.4 Å². The van der Waals surface area contributed by atoms with E-state index in [2.05, 4.69) is 4.98 Å². The van der Waals surface area contributed by atoms with Gasteiger partial charge in [0.2, 0.25) is 4.96 Å². The summed E-state index contributed by atoms with van der Waals surface area (Å²) >= 11 is 1.21. The molecule has 0 fully saturated rings. The van der Waals surface area contributed by atoms with Crippen LogP contribution in [0.5, 0.6) is 5.75 Å². The van der Waals surface area contributed by atoms with E-state index in [1.165, 1.54) is 15.7 Å². The average Bonchev–Trinajstić information content (AvgIpc) is 3.07. The number of thiazole rings is 1. The molecule has 0 amide bonds. The van der Waals surface area contributed by atoms with Gasteiger partial charge in [-0.25, -0.2) is 0 Å². The molecule has 2 heterocycles. The van der Waals surface area contributed by atoms with E-state index in [0.717, 1.165) is 16.9 Å². The number of nitrogens with zero attached hydrogens (tertiary/aromatic N) is 2. The molecule has 0 saturated carbocycles. The minimum atomic E-state index is -0.284. The standard InChI is InChI=1S/C24H20N2O3S/c1-16-19(15-17-9-4-3-5-10-17)22(27)25-24-26(16)23(28)21(30-24)14-8-12-18-11-6-7-13-20(18)29-2/h3-14H,15H2,1-2H3/b12-8+,21-14+. The van der Waals surface area contributed by atoms with Crippen molar-refractivity contribution in [2.75, 3.05) is 7.11 Å². The molecule has 2 aromatic heterocycles. The van der Waals surface area contributed by atoms with Crippen molar-refractivity contribution in [1.29, 1.82) is 0 Å². The molecule has 0 unspecified atom stereocenters. The van der Waals surface area contributed by atoms with Gasteiger partial charge in [-0.1, -0.05) is 72.0 Å². The van der Waals surface area contributed by atoms with Crippen LogP contribution in [-0.4, -0.2) is 16.5 Å². The molecular weight excluding hydrogens is 396 g/mol. The summed E-state index contributed by atoms with van der Waals surface area (Å²) in [5, 5.41) is 0. The Morgan fingerprint density at radius 3 is 2.57 bits per heavy atom. The number of allylic oxidation sites excluding steroid dienone is 1. The molecule has 6 heteroatoms. The zero-order chi connectivity index (χ0) is 21.1. The van der Waals surface area contributed by atoms with E-state index in [4.69, 9.17) is 4.74 Å². The Labute approximate surface area is 177 Å². The number of benzene rings is 2. The first kappa shape index (κ1) is 19.8. The van der Waals surface area contributed by atoms with Crippen LogP contribution >= 0.6 is 11.3 Å². The summed E-state index contributed by atoms with van der Waals surface area (Å²) in [6.45, 7) is 1.80. The highest BCUT2D eigenvalue weighted by atomic mass is 32.1. The lowest BCUT2D eigenvalue weighted by atomic mass is 10.1. The molecule has 30 heavy (non-hydrogen) atoms. The number of hydrogen-bond acceptors (Lipinski definition) is 5. The fraction of sp³-hybridized carbons (Fsp3) is 0.125. The van der Waals surface area contributed by atoms with Gasteiger partial charge < -0.3 is 4.74 Å². The monoisotopic (exact) mass is 416 g/mol. The second kappa shape index (κ2) is 8.47. The van der Waals surface area contributed by atoms with Crippen molar-refractivity contribution in [3.63, 3.8) is 0 Å². The lowest BCUT2D eigenvalue weighted by Crippen LogP contribution is -2.27. The molecule has 2 aromatic carbocycles. The summed E-state index contributed by atoms with van der Waals surface area (Å²) in [5.41, 5.74) is 2.66. The van der Waals surface area contributed by atoms with E-state index < -0.39 is 0 Å². The van der Waals surface area contributed by atoms with Crippen LogP contribution in [0, 0.1) is 6.92 Å². The first-order chi connectivity index (χ1) is 14.6. The van der Waals surface area contributed by atoms with Crippen LogP contribution in [-0.2, 0) is 6.42 Å². The Bertz CT molecular complexity index is 1400. The Balaban J connectivity index is 1.76. The average molecular weight is 417 g/mol.